The Morgan fingerprint density at radius 3 is 1.45 bits per heavy atom. The van der Waals surface area contributed by atoms with E-state index in [0.717, 1.165) is 56.3 Å². The molecule has 6 rings (SSSR count). The van der Waals surface area contributed by atoms with Crippen molar-refractivity contribution in [1.82, 2.24) is 0 Å². The molecule has 0 N–H and O–H groups in total. The first-order valence-electron chi connectivity index (χ1n) is 18.2. The lowest BCUT2D eigenvalue weighted by atomic mass is 9.67. The van der Waals surface area contributed by atoms with Gasteiger partial charge in [0, 0.05) is 23.0 Å². The number of carbonyl (C=O) groups is 2. The predicted molar refractivity (Wildman–Crippen MR) is 215 cm³/mol. The second kappa shape index (κ2) is 15.8. The van der Waals surface area contributed by atoms with E-state index in [9.17, 15) is 9.59 Å². The first-order chi connectivity index (χ1) is 26.3. The summed E-state index contributed by atoms with van der Waals surface area (Å²) in [5.41, 5.74) is 4.75. The van der Waals surface area contributed by atoms with Gasteiger partial charge in [0.2, 0.25) is 0 Å². The zero-order valence-electron chi connectivity index (χ0n) is 32.4. The van der Waals surface area contributed by atoms with Gasteiger partial charge in [0.05, 0.1) is 46.1 Å². The molecule has 0 aliphatic heterocycles. The van der Waals surface area contributed by atoms with Gasteiger partial charge in [-0.3, -0.25) is 0 Å². The molecule has 1 aliphatic rings. The van der Waals surface area contributed by atoms with Gasteiger partial charge in [-0.05, 0) is 92.7 Å². The molecule has 8 heteroatoms. The van der Waals surface area contributed by atoms with Gasteiger partial charge >= 0.3 is 11.9 Å². The van der Waals surface area contributed by atoms with Crippen LogP contribution in [0.3, 0.4) is 0 Å². The van der Waals surface area contributed by atoms with E-state index in [1.165, 1.54) is 0 Å². The number of benzene rings is 5. The molecule has 0 bridgehead atoms. The highest BCUT2D eigenvalue weighted by Gasteiger charge is 2.47. The summed E-state index contributed by atoms with van der Waals surface area (Å²) in [6, 6.07) is 33.5. The highest BCUT2D eigenvalue weighted by molar-refractivity contribution is 5.96. The fraction of sp³-hybridized carbons (Fsp3) is 0.277. The molecule has 0 atom stereocenters. The molecular weight excluding hydrogens is 693 g/mol. The van der Waals surface area contributed by atoms with E-state index >= 15 is 0 Å². The molecule has 5 aromatic rings. The quantitative estimate of drug-likeness (QED) is 0.0717. The Balaban J connectivity index is 1.46. The van der Waals surface area contributed by atoms with Crippen LogP contribution in [-0.2, 0) is 24.5 Å². The van der Waals surface area contributed by atoms with Crippen molar-refractivity contribution in [2.45, 2.75) is 33.1 Å². The number of methoxy groups -OCH3 is 2. The van der Waals surface area contributed by atoms with Crippen LogP contribution in [0.1, 0.15) is 49.9 Å². The van der Waals surface area contributed by atoms with Crippen molar-refractivity contribution >= 4 is 22.7 Å². The Morgan fingerprint density at radius 2 is 1.00 bits per heavy atom. The zero-order valence-corrected chi connectivity index (χ0v) is 32.4. The summed E-state index contributed by atoms with van der Waals surface area (Å²) < 4.78 is 34.9. The topological polar surface area (TPSA) is 89.5 Å². The lowest BCUT2D eigenvalue weighted by Gasteiger charge is -2.34. The van der Waals surface area contributed by atoms with E-state index in [4.69, 9.17) is 28.4 Å². The van der Waals surface area contributed by atoms with E-state index in [1.54, 1.807) is 14.2 Å². The van der Waals surface area contributed by atoms with E-state index in [2.05, 4.69) is 86.0 Å². The van der Waals surface area contributed by atoms with Crippen molar-refractivity contribution in [2.75, 3.05) is 40.6 Å². The highest BCUT2D eigenvalue weighted by Crippen LogP contribution is 2.59. The van der Waals surface area contributed by atoms with Crippen LogP contribution in [0.25, 0.3) is 21.9 Å². The average Bonchev–Trinajstić information content (AvgIpc) is 3.48. The van der Waals surface area contributed by atoms with Gasteiger partial charge < -0.3 is 28.4 Å². The van der Waals surface area contributed by atoms with Gasteiger partial charge in [-0.25, -0.2) is 9.59 Å². The second-order valence-corrected chi connectivity index (χ2v) is 15.3. The molecule has 55 heavy (non-hydrogen) atoms. The summed E-state index contributed by atoms with van der Waals surface area (Å²) in [7, 11) is 3.31. The normalized spacial score (nSPS) is 12.9. The average molecular weight is 741 g/mol. The SMILES string of the molecule is C=CC(=O)OCC(C)(C)COc1ccc(C2(c3ccc(OCC(C)(C)COC(=O)C=C)cc3)c3cc(OC)c(OC)cc3-c3cc4ccccc4cc32)cc1. The third kappa shape index (κ3) is 7.95. The Labute approximate surface area is 323 Å². The van der Waals surface area contributed by atoms with Gasteiger partial charge in [0.25, 0.3) is 0 Å². The molecule has 0 saturated carbocycles. The molecule has 0 fully saturated rings. The summed E-state index contributed by atoms with van der Waals surface area (Å²) in [5.74, 6) is 1.73. The van der Waals surface area contributed by atoms with Crippen molar-refractivity contribution in [3.8, 4) is 34.1 Å². The van der Waals surface area contributed by atoms with E-state index in [0.29, 0.717) is 36.2 Å². The maximum Gasteiger partial charge on any atom is 0.330 e. The molecule has 0 aromatic heterocycles. The third-order valence-electron chi connectivity index (χ3n) is 9.89. The van der Waals surface area contributed by atoms with Crippen molar-refractivity contribution in [2.24, 2.45) is 10.8 Å². The number of ether oxygens (including phenoxy) is 6. The minimum atomic E-state index is -0.776. The highest BCUT2D eigenvalue weighted by atomic mass is 16.5. The molecular formula is C47H48O8. The molecule has 1 aliphatic carbocycles. The molecule has 0 heterocycles. The van der Waals surface area contributed by atoms with Crippen LogP contribution in [0.4, 0.5) is 0 Å². The molecule has 0 radical (unpaired) electrons. The summed E-state index contributed by atoms with van der Waals surface area (Å²) >= 11 is 0. The van der Waals surface area contributed by atoms with E-state index in [-0.39, 0.29) is 13.2 Å². The van der Waals surface area contributed by atoms with Crippen LogP contribution in [0.5, 0.6) is 23.0 Å². The van der Waals surface area contributed by atoms with Crippen LogP contribution < -0.4 is 18.9 Å². The van der Waals surface area contributed by atoms with Gasteiger partial charge in [-0.15, -0.1) is 0 Å². The van der Waals surface area contributed by atoms with Crippen LogP contribution >= 0.6 is 0 Å². The third-order valence-corrected chi connectivity index (χ3v) is 9.89. The fourth-order valence-electron chi connectivity index (χ4n) is 7.01. The number of hydrogen-bond acceptors (Lipinski definition) is 8. The largest absolute Gasteiger partial charge is 0.493 e. The molecule has 0 saturated heterocycles. The Kier molecular flexibility index (Phi) is 11.1. The molecule has 5 aromatic carbocycles. The van der Waals surface area contributed by atoms with Crippen molar-refractivity contribution in [1.29, 1.82) is 0 Å². The van der Waals surface area contributed by atoms with Crippen LogP contribution in [-0.4, -0.2) is 52.6 Å². The number of carbonyl (C=O) groups excluding carboxylic acids is 2. The predicted octanol–water partition coefficient (Wildman–Crippen LogP) is 9.49. The maximum absolute atomic E-state index is 11.7. The fourth-order valence-corrected chi connectivity index (χ4v) is 7.01. The van der Waals surface area contributed by atoms with Gasteiger partial charge in [0.1, 0.15) is 11.5 Å². The lowest BCUT2D eigenvalue weighted by Crippen LogP contribution is -2.29. The first kappa shape index (κ1) is 38.7. The minimum absolute atomic E-state index is 0.200. The lowest BCUT2D eigenvalue weighted by molar-refractivity contribution is -0.142. The Hall–Kier alpha value is -6.02. The number of hydrogen-bond donors (Lipinski definition) is 0. The van der Waals surface area contributed by atoms with Crippen LogP contribution in [0.2, 0.25) is 0 Å². The zero-order chi connectivity index (χ0) is 39.4. The maximum atomic E-state index is 11.7. The first-order valence-corrected chi connectivity index (χ1v) is 18.2. The molecule has 8 nitrogen and oxygen atoms in total. The monoisotopic (exact) mass is 740 g/mol. The van der Waals surface area contributed by atoms with Crippen molar-refractivity contribution in [3.63, 3.8) is 0 Å². The summed E-state index contributed by atoms with van der Waals surface area (Å²) in [5, 5.41) is 2.25. The number of fused-ring (bicyclic) bond motifs is 4. The van der Waals surface area contributed by atoms with E-state index in [1.807, 2.05) is 52.0 Å². The summed E-state index contributed by atoms with van der Waals surface area (Å²) in [6.07, 6.45) is 2.32. The Bertz CT molecular complexity index is 2130. The summed E-state index contributed by atoms with van der Waals surface area (Å²) in [6.45, 7) is 16.0. The molecule has 0 amide bonds. The van der Waals surface area contributed by atoms with Crippen molar-refractivity contribution in [3.05, 3.63) is 145 Å². The molecule has 0 unspecified atom stereocenters. The molecule has 284 valence electrons. The van der Waals surface area contributed by atoms with Gasteiger partial charge in [-0.1, -0.05) is 89.4 Å². The number of esters is 2. The van der Waals surface area contributed by atoms with Gasteiger partial charge in [-0.2, -0.15) is 0 Å². The molecule has 0 spiro atoms. The Morgan fingerprint density at radius 1 is 0.582 bits per heavy atom. The number of rotatable bonds is 16. The van der Waals surface area contributed by atoms with Crippen molar-refractivity contribution < 1.29 is 38.0 Å². The minimum Gasteiger partial charge on any atom is -0.493 e. The standard InChI is InChI=1S/C47H48O8/c1-9-43(48)54-29-45(3,4)27-52-35-19-15-33(16-20-35)47(34-17-21-36(22-18-34)53-28-46(5,6)30-55-44(49)10-2)39-24-32-14-12-11-13-31(32)23-37(39)38-25-41(50-7)42(51-8)26-40(38)47/h9-26H,1-2,27-30H2,3-8H3. The van der Waals surface area contributed by atoms with Crippen LogP contribution in [0.15, 0.2) is 122 Å². The van der Waals surface area contributed by atoms with Gasteiger partial charge in [0.15, 0.2) is 11.5 Å². The van der Waals surface area contributed by atoms with E-state index < -0.39 is 28.2 Å². The summed E-state index contributed by atoms with van der Waals surface area (Å²) in [4.78, 5) is 23.4. The van der Waals surface area contributed by atoms with Crippen LogP contribution in [0, 0.1) is 10.8 Å². The smallest absolute Gasteiger partial charge is 0.330 e. The second-order valence-electron chi connectivity index (χ2n) is 15.3.